The molecule has 2 rings (SSSR count). The lowest BCUT2D eigenvalue weighted by atomic mass is 10.2. The van der Waals surface area contributed by atoms with Gasteiger partial charge in [0.2, 0.25) is 0 Å². The first-order chi connectivity index (χ1) is 9.22. The third-order valence-electron chi connectivity index (χ3n) is 2.24. The molecular formula is C12H12N4O3. The van der Waals surface area contributed by atoms with Crippen molar-refractivity contribution < 1.29 is 14.7 Å². The van der Waals surface area contributed by atoms with Crippen LogP contribution in [0.15, 0.2) is 36.8 Å². The second-order valence-corrected chi connectivity index (χ2v) is 3.49. The van der Waals surface area contributed by atoms with Crippen molar-refractivity contribution in [3.05, 3.63) is 36.8 Å². The van der Waals surface area contributed by atoms with Crippen molar-refractivity contribution in [3.8, 4) is 11.4 Å². The molecule has 0 unspecified atom stereocenters. The first-order valence-electron chi connectivity index (χ1n) is 5.61. The van der Waals surface area contributed by atoms with Crippen molar-refractivity contribution in [1.82, 2.24) is 15.0 Å². The number of rotatable bonds is 3. The molecule has 0 radical (unpaired) electrons. The third kappa shape index (κ3) is 3.02. The average molecular weight is 260 g/mol. The first-order valence-corrected chi connectivity index (χ1v) is 5.61. The molecule has 2 aromatic heterocycles. The quantitative estimate of drug-likeness (QED) is 0.669. The van der Waals surface area contributed by atoms with Gasteiger partial charge >= 0.3 is 6.09 Å². The fourth-order valence-corrected chi connectivity index (χ4v) is 1.39. The van der Waals surface area contributed by atoms with E-state index in [-0.39, 0.29) is 12.4 Å². The smallest absolute Gasteiger partial charge is 0.440 e. The van der Waals surface area contributed by atoms with E-state index >= 15 is 0 Å². The van der Waals surface area contributed by atoms with Crippen molar-refractivity contribution in [3.63, 3.8) is 0 Å². The number of amides is 1. The summed E-state index contributed by atoms with van der Waals surface area (Å²) in [5, 5.41) is 9.99. The minimum absolute atomic E-state index is 0.0419. The number of hydrogen-bond donors (Lipinski definition) is 1. The largest absolute Gasteiger partial charge is 0.448 e. The zero-order chi connectivity index (χ0) is 13.7. The van der Waals surface area contributed by atoms with Crippen LogP contribution < -0.4 is 5.06 Å². The maximum Gasteiger partial charge on any atom is 0.440 e. The summed E-state index contributed by atoms with van der Waals surface area (Å²) in [5.74, 6) is 0.420. The van der Waals surface area contributed by atoms with E-state index in [0.29, 0.717) is 10.9 Å². The Balaban J connectivity index is 2.27. The van der Waals surface area contributed by atoms with Crippen LogP contribution in [0.5, 0.6) is 0 Å². The van der Waals surface area contributed by atoms with Crippen molar-refractivity contribution in [2.45, 2.75) is 6.92 Å². The molecule has 7 nitrogen and oxygen atoms in total. The number of carbonyl (C=O) groups excluding carboxylic acids is 1. The Morgan fingerprint density at radius 2 is 2.05 bits per heavy atom. The normalized spacial score (nSPS) is 10.0. The Morgan fingerprint density at radius 1 is 1.32 bits per heavy atom. The Labute approximate surface area is 109 Å². The molecule has 0 atom stereocenters. The van der Waals surface area contributed by atoms with Gasteiger partial charge in [0.15, 0.2) is 11.6 Å². The van der Waals surface area contributed by atoms with E-state index in [1.807, 2.05) is 0 Å². The SMILES string of the molecule is CCOC(=O)N(O)c1ccnc(-c2ccncc2)n1. The number of hydrogen-bond acceptors (Lipinski definition) is 6. The maximum absolute atomic E-state index is 11.4. The van der Waals surface area contributed by atoms with Gasteiger partial charge in [0, 0.05) is 30.2 Å². The van der Waals surface area contributed by atoms with E-state index in [1.165, 1.54) is 12.3 Å². The highest BCUT2D eigenvalue weighted by molar-refractivity contribution is 5.83. The van der Waals surface area contributed by atoms with Crippen molar-refractivity contribution >= 4 is 11.9 Å². The Morgan fingerprint density at radius 3 is 2.74 bits per heavy atom. The molecular weight excluding hydrogens is 248 g/mol. The summed E-state index contributed by atoms with van der Waals surface area (Å²) in [6.07, 6.45) is 3.77. The summed E-state index contributed by atoms with van der Waals surface area (Å²) in [6, 6.07) is 4.86. The van der Waals surface area contributed by atoms with Crippen LogP contribution in [0.25, 0.3) is 11.4 Å². The predicted molar refractivity (Wildman–Crippen MR) is 66.6 cm³/mol. The van der Waals surface area contributed by atoms with Crippen LogP contribution in [0.4, 0.5) is 10.6 Å². The third-order valence-corrected chi connectivity index (χ3v) is 2.24. The molecule has 2 heterocycles. The summed E-state index contributed by atoms with van der Waals surface area (Å²) in [4.78, 5) is 23.4. The number of nitrogens with zero attached hydrogens (tertiary/aromatic N) is 4. The van der Waals surface area contributed by atoms with Crippen molar-refractivity contribution in [2.24, 2.45) is 0 Å². The van der Waals surface area contributed by atoms with Gasteiger partial charge in [0.05, 0.1) is 6.61 Å². The summed E-state index contributed by atoms with van der Waals surface area (Å²) in [6.45, 7) is 1.81. The lowest BCUT2D eigenvalue weighted by Crippen LogP contribution is -2.28. The molecule has 1 N–H and O–H groups in total. The molecule has 0 spiro atoms. The second kappa shape index (κ2) is 5.87. The molecule has 0 bridgehead atoms. The number of hydroxylamine groups is 1. The molecule has 7 heteroatoms. The van der Waals surface area contributed by atoms with Gasteiger partial charge < -0.3 is 4.74 Å². The monoisotopic (exact) mass is 260 g/mol. The minimum atomic E-state index is -0.887. The predicted octanol–water partition coefficient (Wildman–Crippen LogP) is 1.89. The topological polar surface area (TPSA) is 88.4 Å². The minimum Gasteiger partial charge on any atom is -0.448 e. The van der Waals surface area contributed by atoms with Crippen LogP contribution in [0.1, 0.15) is 6.92 Å². The van der Waals surface area contributed by atoms with Gasteiger partial charge in [-0.25, -0.2) is 14.8 Å². The van der Waals surface area contributed by atoms with Gasteiger partial charge in [0.25, 0.3) is 0 Å². The van der Waals surface area contributed by atoms with Gasteiger partial charge in [-0.2, -0.15) is 0 Å². The molecule has 0 saturated heterocycles. The lowest BCUT2D eigenvalue weighted by molar-refractivity contribution is 0.124. The molecule has 0 aromatic carbocycles. The number of carbonyl (C=O) groups is 1. The molecule has 0 fully saturated rings. The number of pyridine rings is 1. The highest BCUT2D eigenvalue weighted by atomic mass is 16.6. The van der Waals surface area contributed by atoms with E-state index in [4.69, 9.17) is 0 Å². The number of anilines is 1. The van der Waals surface area contributed by atoms with Gasteiger partial charge in [-0.15, -0.1) is 5.06 Å². The summed E-state index contributed by atoms with van der Waals surface area (Å²) >= 11 is 0. The first kappa shape index (κ1) is 12.9. The Bertz CT molecular complexity index is 562. The van der Waals surface area contributed by atoms with E-state index in [0.717, 1.165) is 5.56 Å². The Hall–Kier alpha value is -2.54. The van der Waals surface area contributed by atoms with Gasteiger partial charge in [-0.3, -0.25) is 10.2 Å². The second-order valence-electron chi connectivity index (χ2n) is 3.49. The molecule has 2 aromatic rings. The van der Waals surface area contributed by atoms with Crippen LogP contribution >= 0.6 is 0 Å². The highest BCUT2D eigenvalue weighted by Crippen LogP contribution is 2.16. The van der Waals surface area contributed by atoms with Crippen LogP contribution in [0.3, 0.4) is 0 Å². The molecule has 0 aliphatic rings. The molecule has 0 aliphatic carbocycles. The van der Waals surface area contributed by atoms with Crippen molar-refractivity contribution in [2.75, 3.05) is 11.7 Å². The average Bonchev–Trinajstić information content (AvgIpc) is 2.48. The highest BCUT2D eigenvalue weighted by Gasteiger charge is 2.16. The van der Waals surface area contributed by atoms with Crippen LogP contribution in [-0.4, -0.2) is 32.9 Å². The van der Waals surface area contributed by atoms with E-state index < -0.39 is 6.09 Å². The van der Waals surface area contributed by atoms with Crippen LogP contribution in [-0.2, 0) is 4.74 Å². The number of aromatic nitrogens is 3. The van der Waals surface area contributed by atoms with Crippen LogP contribution in [0, 0.1) is 0 Å². The van der Waals surface area contributed by atoms with Crippen molar-refractivity contribution in [1.29, 1.82) is 0 Å². The summed E-state index contributed by atoms with van der Waals surface area (Å²) in [5.41, 5.74) is 0.731. The lowest BCUT2D eigenvalue weighted by Gasteiger charge is -2.13. The van der Waals surface area contributed by atoms with E-state index in [9.17, 15) is 10.0 Å². The van der Waals surface area contributed by atoms with E-state index in [1.54, 1.807) is 31.5 Å². The maximum atomic E-state index is 11.4. The van der Waals surface area contributed by atoms with Gasteiger partial charge in [0.1, 0.15) is 0 Å². The molecule has 1 amide bonds. The zero-order valence-electron chi connectivity index (χ0n) is 10.2. The molecule has 0 aliphatic heterocycles. The van der Waals surface area contributed by atoms with Crippen LogP contribution in [0.2, 0.25) is 0 Å². The van der Waals surface area contributed by atoms with Gasteiger partial charge in [-0.05, 0) is 19.1 Å². The van der Waals surface area contributed by atoms with E-state index in [2.05, 4.69) is 19.7 Å². The fourth-order valence-electron chi connectivity index (χ4n) is 1.39. The molecule has 19 heavy (non-hydrogen) atoms. The molecule has 98 valence electrons. The molecule has 0 saturated carbocycles. The summed E-state index contributed by atoms with van der Waals surface area (Å²) in [7, 11) is 0. The number of ether oxygens (including phenoxy) is 1. The Kier molecular flexibility index (Phi) is 3.99. The fraction of sp³-hybridized carbons (Fsp3) is 0.167. The zero-order valence-corrected chi connectivity index (χ0v) is 10.2. The van der Waals surface area contributed by atoms with Gasteiger partial charge in [-0.1, -0.05) is 0 Å². The standard InChI is InChI=1S/C12H12N4O3/c1-2-19-12(17)16(18)10-5-8-14-11(15-10)9-3-6-13-7-4-9/h3-8,18H,2H2,1H3. The summed E-state index contributed by atoms with van der Waals surface area (Å²) < 4.78 is 4.67.